The molecule has 0 fully saturated rings. The van der Waals surface area contributed by atoms with Crippen LogP contribution in [0.25, 0.3) is 0 Å². The van der Waals surface area contributed by atoms with E-state index in [1.165, 1.54) is 5.56 Å². The number of rotatable bonds is 3. The van der Waals surface area contributed by atoms with Gasteiger partial charge < -0.3 is 0 Å². The number of hydrogen-bond donors (Lipinski definition) is 2. The molecule has 0 unspecified atom stereocenters. The standard InChI is InChI=1S/C13H15N3O/c1-3-7-16-12(17)9-14-13(16)15-11-6-4-5-10(2)8-11/h3-6,8H,1,7,9H2,2H3,(H,14,15)/p+1. The summed E-state index contributed by atoms with van der Waals surface area (Å²) in [7, 11) is 0. The summed E-state index contributed by atoms with van der Waals surface area (Å²) in [5.74, 6) is 0.778. The highest BCUT2D eigenvalue weighted by Crippen LogP contribution is 2.10. The van der Waals surface area contributed by atoms with Gasteiger partial charge in [0.15, 0.2) is 6.54 Å². The third-order valence-electron chi connectivity index (χ3n) is 2.57. The van der Waals surface area contributed by atoms with E-state index in [4.69, 9.17) is 0 Å². The van der Waals surface area contributed by atoms with Gasteiger partial charge >= 0.3 is 11.9 Å². The number of hydrogen-bond acceptors (Lipinski definition) is 2. The van der Waals surface area contributed by atoms with E-state index in [1.807, 2.05) is 31.2 Å². The van der Waals surface area contributed by atoms with E-state index in [-0.39, 0.29) is 5.91 Å². The molecular formula is C13H16N3O+. The first-order chi connectivity index (χ1) is 8.20. The van der Waals surface area contributed by atoms with Crippen molar-refractivity contribution in [2.75, 3.05) is 18.4 Å². The third kappa shape index (κ3) is 2.53. The number of guanidine groups is 1. The second-order valence-corrected chi connectivity index (χ2v) is 3.99. The number of benzene rings is 1. The second kappa shape index (κ2) is 4.82. The number of carbonyl (C=O) groups excluding carboxylic acids is 1. The first-order valence-electron chi connectivity index (χ1n) is 5.56. The number of amides is 1. The summed E-state index contributed by atoms with van der Waals surface area (Å²) < 4.78 is 0. The van der Waals surface area contributed by atoms with E-state index >= 15 is 0 Å². The molecule has 2 rings (SSSR count). The lowest BCUT2D eigenvalue weighted by molar-refractivity contribution is -0.438. The fourth-order valence-corrected chi connectivity index (χ4v) is 1.77. The Hall–Kier alpha value is -2.10. The van der Waals surface area contributed by atoms with E-state index < -0.39 is 0 Å². The van der Waals surface area contributed by atoms with Gasteiger partial charge in [-0.1, -0.05) is 24.8 Å². The summed E-state index contributed by atoms with van der Waals surface area (Å²) in [5.41, 5.74) is 2.14. The van der Waals surface area contributed by atoms with E-state index in [1.54, 1.807) is 11.0 Å². The van der Waals surface area contributed by atoms with Crippen LogP contribution >= 0.6 is 0 Å². The van der Waals surface area contributed by atoms with E-state index in [9.17, 15) is 4.79 Å². The fourth-order valence-electron chi connectivity index (χ4n) is 1.77. The number of aryl methyl sites for hydroxylation is 1. The molecule has 0 atom stereocenters. The van der Waals surface area contributed by atoms with Crippen molar-refractivity contribution in [2.45, 2.75) is 6.92 Å². The van der Waals surface area contributed by atoms with Gasteiger partial charge in [-0.2, -0.15) is 4.90 Å². The molecule has 0 aliphatic carbocycles. The van der Waals surface area contributed by atoms with Gasteiger partial charge in [0.05, 0.1) is 12.2 Å². The smallest absolute Gasteiger partial charge is 0.266 e. The van der Waals surface area contributed by atoms with Crippen molar-refractivity contribution in [1.82, 2.24) is 4.90 Å². The number of nitrogens with one attached hydrogen (secondary N) is 2. The van der Waals surface area contributed by atoms with Gasteiger partial charge in [-0.3, -0.25) is 9.79 Å². The molecule has 17 heavy (non-hydrogen) atoms. The minimum Gasteiger partial charge on any atom is -0.266 e. The number of anilines is 1. The summed E-state index contributed by atoms with van der Waals surface area (Å²) in [5, 5.41) is 3.21. The average molecular weight is 230 g/mol. The van der Waals surface area contributed by atoms with Crippen LogP contribution < -0.4 is 10.3 Å². The average Bonchev–Trinajstić information content (AvgIpc) is 2.62. The molecule has 0 bridgehead atoms. The molecule has 4 heteroatoms. The largest absolute Gasteiger partial charge is 0.358 e. The monoisotopic (exact) mass is 230 g/mol. The molecule has 1 amide bonds. The highest BCUT2D eigenvalue weighted by atomic mass is 16.2. The Morgan fingerprint density at radius 3 is 3.12 bits per heavy atom. The molecule has 1 aliphatic heterocycles. The molecular weight excluding hydrogens is 214 g/mol. The van der Waals surface area contributed by atoms with Gasteiger partial charge in [0.1, 0.15) is 0 Å². The molecule has 88 valence electrons. The maximum Gasteiger partial charge on any atom is 0.358 e. The molecule has 0 spiro atoms. The van der Waals surface area contributed by atoms with Gasteiger partial charge in [-0.15, -0.1) is 0 Å². The highest BCUT2D eigenvalue weighted by Gasteiger charge is 2.31. The molecule has 1 heterocycles. The van der Waals surface area contributed by atoms with Crippen LogP contribution in [0.15, 0.2) is 36.9 Å². The zero-order chi connectivity index (χ0) is 12.3. The van der Waals surface area contributed by atoms with Crippen molar-refractivity contribution in [3.05, 3.63) is 42.5 Å². The predicted molar refractivity (Wildman–Crippen MR) is 67.5 cm³/mol. The second-order valence-electron chi connectivity index (χ2n) is 3.99. The van der Waals surface area contributed by atoms with E-state index in [2.05, 4.69) is 16.9 Å². The van der Waals surface area contributed by atoms with E-state index in [0.29, 0.717) is 13.1 Å². The van der Waals surface area contributed by atoms with Crippen molar-refractivity contribution in [3.63, 3.8) is 0 Å². The van der Waals surface area contributed by atoms with Gasteiger partial charge in [0, 0.05) is 0 Å². The van der Waals surface area contributed by atoms with Crippen LogP contribution in [0.5, 0.6) is 0 Å². The first kappa shape index (κ1) is 11.4. The fraction of sp³-hybridized carbons (Fsp3) is 0.231. The lowest BCUT2D eigenvalue weighted by atomic mass is 10.2. The van der Waals surface area contributed by atoms with Crippen molar-refractivity contribution in [1.29, 1.82) is 0 Å². The van der Waals surface area contributed by atoms with Crippen LogP contribution in [-0.4, -0.2) is 29.9 Å². The molecule has 2 N–H and O–H groups in total. The third-order valence-corrected chi connectivity index (χ3v) is 2.57. The summed E-state index contributed by atoms with van der Waals surface area (Å²) in [4.78, 5) is 16.3. The van der Waals surface area contributed by atoms with Gasteiger partial charge in [0.25, 0.3) is 0 Å². The Bertz CT molecular complexity index is 479. The lowest BCUT2D eigenvalue weighted by Gasteiger charge is -2.09. The molecule has 1 aromatic rings. The Morgan fingerprint density at radius 2 is 2.41 bits per heavy atom. The maximum absolute atomic E-state index is 11.6. The topological polar surface area (TPSA) is 46.3 Å². The lowest BCUT2D eigenvalue weighted by Crippen LogP contribution is -2.72. The Kier molecular flexibility index (Phi) is 3.23. The molecule has 4 nitrogen and oxygen atoms in total. The van der Waals surface area contributed by atoms with Gasteiger partial charge in [-0.05, 0) is 24.6 Å². The predicted octanol–water partition coefficient (Wildman–Crippen LogP) is -0.128. The number of nitrogens with zero attached hydrogens (tertiary/aromatic N) is 1. The Labute approximate surface area is 101 Å². The van der Waals surface area contributed by atoms with Crippen LogP contribution in [-0.2, 0) is 4.79 Å². The number of carbonyl (C=O) groups is 1. The minimum atomic E-state index is 0.0556. The van der Waals surface area contributed by atoms with Crippen molar-refractivity contribution in [3.8, 4) is 0 Å². The van der Waals surface area contributed by atoms with Crippen molar-refractivity contribution < 1.29 is 9.79 Å². The minimum absolute atomic E-state index is 0.0556. The van der Waals surface area contributed by atoms with Gasteiger partial charge in [0.2, 0.25) is 0 Å². The molecule has 0 saturated heterocycles. The van der Waals surface area contributed by atoms with Crippen LogP contribution in [0, 0.1) is 6.92 Å². The molecule has 0 saturated carbocycles. The maximum atomic E-state index is 11.6. The molecule has 0 aromatic heterocycles. The molecule has 0 radical (unpaired) electrons. The van der Waals surface area contributed by atoms with Crippen LogP contribution in [0.3, 0.4) is 0 Å². The van der Waals surface area contributed by atoms with Gasteiger partial charge in [-0.25, -0.2) is 5.32 Å². The summed E-state index contributed by atoms with van der Waals surface area (Å²) in [6, 6.07) is 8.01. The van der Waals surface area contributed by atoms with Crippen LogP contribution in [0.4, 0.5) is 5.69 Å². The van der Waals surface area contributed by atoms with Crippen molar-refractivity contribution in [2.24, 2.45) is 0 Å². The zero-order valence-electron chi connectivity index (χ0n) is 9.86. The zero-order valence-corrected chi connectivity index (χ0v) is 9.86. The normalized spacial score (nSPS) is 14.8. The quantitative estimate of drug-likeness (QED) is 0.711. The van der Waals surface area contributed by atoms with Crippen LogP contribution in [0.1, 0.15) is 5.56 Å². The van der Waals surface area contributed by atoms with Crippen LogP contribution in [0.2, 0.25) is 0 Å². The molecule has 1 aliphatic rings. The summed E-state index contributed by atoms with van der Waals surface area (Å²) >= 11 is 0. The Morgan fingerprint density at radius 1 is 1.59 bits per heavy atom. The highest BCUT2D eigenvalue weighted by molar-refractivity contribution is 6.04. The first-order valence-corrected chi connectivity index (χ1v) is 5.56. The SMILES string of the molecule is C=CCN1C(=O)C[NH+]=C1Nc1cccc(C)c1. The van der Waals surface area contributed by atoms with Crippen molar-refractivity contribution >= 4 is 17.6 Å². The van der Waals surface area contributed by atoms with E-state index in [0.717, 1.165) is 11.6 Å². The summed E-state index contributed by atoms with van der Waals surface area (Å²) in [6.45, 7) is 6.53. The molecule has 1 aromatic carbocycles. The summed E-state index contributed by atoms with van der Waals surface area (Å²) in [6.07, 6.45) is 1.71. The Balaban J connectivity index is 2.13.